The van der Waals surface area contributed by atoms with Crippen LogP contribution in [0.1, 0.15) is 44.0 Å². The second-order valence-corrected chi connectivity index (χ2v) is 6.25. The maximum absolute atomic E-state index is 10.9. The highest BCUT2D eigenvalue weighted by Crippen LogP contribution is 2.23. The molecule has 0 aliphatic carbocycles. The number of carboxylic acids is 1. The fourth-order valence-corrected chi connectivity index (χ4v) is 2.31. The van der Waals surface area contributed by atoms with Crippen LogP contribution in [-0.4, -0.2) is 15.6 Å². The van der Waals surface area contributed by atoms with Gasteiger partial charge in [-0.3, -0.25) is 0 Å². The number of hydrogen-bond donors (Lipinski definition) is 1. The Labute approximate surface area is 113 Å². The van der Waals surface area contributed by atoms with Gasteiger partial charge in [0.15, 0.2) is 0 Å². The van der Waals surface area contributed by atoms with E-state index in [9.17, 15) is 4.79 Å². The number of fused-ring (bicyclic) bond motifs is 1. The van der Waals surface area contributed by atoms with Gasteiger partial charge in [-0.25, -0.2) is 4.79 Å². The Kier molecular flexibility index (Phi) is 3.65. The molecular weight excluding hydrogens is 238 g/mol. The third-order valence-electron chi connectivity index (χ3n) is 3.34. The maximum Gasteiger partial charge on any atom is 0.335 e. The molecule has 3 nitrogen and oxygen atoms in total. The summed E-state index contributed by atoms with van der Waals surface area (Å²) in [4.78, 5) is 10.9. The molecule has 1 aromatic heterocycles. The fraction of sp³-hybridized carbons (Fsp3) is 0.438. The van der Waals surface area contributed by atoms with Gasteiger partial charge in [-0.1, -0.05) is 20.8 Å². The van der Waals surface area contributed by atoms with Crippen molar-refractivity contribution < 1.29 is 9.90 Å². The SMILES string of the molecule is CC(C)(C)CCCn1ccc2cc(C(=O)O)ccc21. The van der Waals surface area contributed by atoms with Crippen molar-refractivity contribution in [1.29, 1.82) is 0 Å². The molecular formula is C16H21NO2. The number of aromatic carboxylic acids is 1. The summed E-state index contributed by atoms with van der Waals surface area (Å²) in [6.45, 7) is 7.73. The second-order valence-electron chi connectivity index (χ2n) is 6.25. The molecule has 0 amide bonds. The zero-order valence-electron chi connectivity index (χ0n) is 11.8. The Morgan fingerprint density at radius 2 is 2.00 bits per heavy atom. The lowest BCUT2D eigenvalue weighted by atomic mass is 9.91. The molecule has 19 heavy (non-hydrogen) atoms. The molecule has 0 bridgehead atoms. The van der Waals surface area contributed by atoms with Gasteiger partial charge in [-0.2, -0.15) is 0 Å². The van der Waals surface area contributed by atoms with E-state index in [1.807, 2.05) is 18.3 Å². The number of nitrogens with zero attached hydrogens (tertiary/aromatic N) is 1. The van der Waals surface area contributed by atoms with E-state index in [2.05, 4.69) is 25.3 Å². The van der Waals surface area contributed by atoms with Crippen LogP contribution in [-0.2, 0) is 6.54 Å². The second kappa shape index (κ2) is 5.08. The Bertz CT molecular complexity index is 590. The van der Waals surface area contributed by atoms with E-state index in [0.29, 0.717) is 11.0 Å². The summed E-state index contributed by atoms with van der Waals surface area (Å²) in [5.41, 5.74) is 1.82. The Morgan fingerprint density at radius 3 is 2.63 bits per heavy atom. The van der Waals surface area contributed by atoms with Crippen molar-refractivity contribution in [3.8, 4) is 0 Å². The normalized spacial score (nSPS) is 11.9. The third kappa shape index (κ3) is 3.37. The molecule has 0 atom stereocenters. The third-order valence-corrected chi connectivity index (χ3v) is 3.34. The molecule has 2 rings (SSSR count). The molecule has 1 N–H and O–H groups in total. The molecule has 102 valence electrons. The van der Waals surface area contributed by atoms with Crippen molar-refractivity contribution in [3.63, 3.8) is 0 Å². The van der Waals surface area contributed by atoms with Gasteiger partial charge in [0, 0.05) is 23.6 Å². The van der Waals surface area contributed by atoms with Crippen molar-refractivity contribution in [2.45, 2.75) is 40.2 Å². The predicted molar refractivity (Wildman–Crippen MR) is 77.6 cm³/mol. The topological polar surface area (TPSA) is 42.2 Å². The fourth-order valence-electron chi connectivity index (χ4n) is 2.31. The number of carbonyl (C=O) groups is 1. The minimum atomic E-state index is -0.873. The van der Waals surface area contributed by atoms with Crippen LogP contribution >= 0.6 is 0 Å². The monoisotopic (exact) mass is 259 g/mol. The predicted octanol–water partition coefficient (Wildman–Crippen LogP) is 4.17. The van der Waals surface area contributed by atoms with Crippen LogP contribution in [0.25, 0.3) is 10.9 Å². The van der Waals surface area contributed by atoms with Crippen LogP contribution in [0.15, 0.2) is 30.5 Å². The molecule has 0 aliphatic rings. The highest BCUT2D eigenvalue weighted by Gasteiger charge is 2.10. The van der Waals surface area contributed by atoms with Gasteiger partial charge in [0.2, 0.25) is 0 Å². The quantitative estimate of drug-likeness (QED) is 0.895. The molecule has 0 aliphatic heterocycles. The van der Waals surface area contributed by atoms with Crippen LogP contribution in [0.5, 0.6) is 0 Å². The first-order valence-corrected chi connectivity index (χ1v) is 6.69. The highest BCUT2D eigenvalue weighted by atomic mass is 16.4. The summed E-state index contributed by atoms with van der Waals surface area (Å²) in [6.07, 6.45) is 4.35. The molecule has 0 saturated carbocycles. The van der Waals surface area contributed by atoms with Crippen molar-refractivity contribution in [2.24, 2.45) is 5.41 Å². The van der Waals surface area contributed by atoms with E-state index in [1.54, 1.807) is 12.1 Å². The van der Waals surface area contributed by atoms with Crippen molar-refractivity contribution in [1.82, 2.24) is 4.57 Å². The molecule has 0 unspecified atom stereocenters. The Morgan fingerprint density at radius 1 is 1.26 bits per heavy atom. The maximum atomic E-state index is 10.9. The summed E-state index contributed by atoms with van der Waals surface area (Å²) >= 11 is 0. The average molecular weight is 259 g/mol. The minimum absolute atomic E-state index is 0.347. The van der Waals surface area contributed by atoms with E-state index in [1.165, 1.54) is 6.42 Å². The van der Waals surface area contributed by atoms with E-state index < -0.39 is 5.97 Å². The zero-order chi connectivity index (χ0) is 14.0. The number of benzene rings is 1. The molecule has 3 heteroatoms. The summed E-state index contributed by atoms with van der Waals surface area (Å²) in [7, 11) is 0. The van der Waals surface area contributed by atoms with Crippen LogP contribution in [0, 0.1) is 5.41 Å². The van der Waals surface area contributed by atoms with Crippen LogP contribution < -0.4 is 0 Å². The van der Waals surface area contributed by atoms with Gasteiger partial charge < -0.3 is 9.67 Å². The number of aromatic nitrogens is 1. The molecule has 0 radical (unpaired) electrons. The van der Waals surface area contributed by atoms with E-state index in [-0.39, 0.29) is 0 Å². The molecule has 0 spiro atoms. The van der Waals surface area contributed by atoms with Gasteiger partial charge in [-0.15, -0.1) is 0 Å². The first kappa shape index (κ1) is 13.7. The first-order chi connectivity index (χ1) is 8.87. The van der Waals surface area contributed by atoms with Gasteiger partial charge in [0.05, 0.1) is 5.56 Å². The van der Waals surface area contributed by atoms with Crippen LogP contribution in [0.4, 0.5) is 0 Å². The lowest BCUT2D eigenvalue weighted by molar-refractivity contribution is 0.0697. The number of rotatable bonds is 4. The lowest BCUT2D eigenvalue weighted by Gasteiger charge is -2.18. The largest absolute Gasteiger partial charge is 0.478 e. The van der Waals surface area contributed by atoms with Crippen LogP contribution in [0.2, 0.25) is 0 Å². The Hall–Kier alpha value is -1.77. The molecule has 2 aromatic rings. The average Bonchev–Trinajstić information content (AvgIpc) is 2.70. The van der Waals surface area contributed by atoms with Gasteiger partial charge in [-0.05, 0) is 42.5 Å². The number of hydrogen-bond acceptors (Lipinski definition) is 1. The zero-order valence-corrected chi connectivity index (χ0v) is 11.8. The lowest BCUT2D eigenvalue weighted by Crippen LogP contribution is -2.07. The minimum Gasteiger partial charge on any atom is -0.478 e. The highest BCUT2D eigenvalue weighted by molar-refractivity contribution is 5.93. The standard InChI is InChI=1S/C16H21NO2/c1-16(2,3)8-4-9-17-10-7-12-11-13(15(18)19)5-6-14(12)17/h5-7,10-11H,4,8-9H2,1-3H3,(H,18,19). The van der Waals surface area contributed by atoms with Gasteiger partial charge in [0.1, 0.15) is 0 Å². The number of aryl methyl sites for hydroxylation is 1. The summed E-state index contributed by atoms with van der Waals surface area (Å²) in [5, 5.41) is 9.97. The van der Waals surface area contributed by atoms with Crippen molar-refractivity contribution in [2.75, 3.05) is 0 Å². The molecule has 1 heterocycles. The van der Waals surface area contributed by atoms with E-state index in [0.717, 1.165) is 23.9 Å². The van der Waals surface area contributed by atoms with Gasteiger partial charge in [0.25, 0.3) is 0 Å². The summed E-state index contributed by atoms with van der Waals surface area (Å²) in [6, 6.07) is 7.29. The molecule has 0 saturated heterocycles. The first-order valence-electron chi connectivity index (χ1n) is 6.69. The van der Waals surface area contributed by atoms with E-state index in [4.69, 9.17) is 5.11 Å². The smallest absolute Gasteiger partial charge is 0.335 e. The summed E-state index contributed by atoms with van der Waals surface area (Å²) < 4.78 is 2.20. The van der Waals surface area contributed by atoms with Crippen molar-refractivity contribution >= 4 is 16.9 Å². The van der Waals surface area contributed by atoms with Crippen LogP contribution in [0.3, 0.4) is 0 Å². The summed E-state index contributed by atoms with van der Waals surface area (Å²) in [5.74, 6) is -0.873. The Balaban J connectivity index is 2.15. The van der Waals surface area contributed by atoms with Gasteiger partial charge >= 0.3 is 5.97 Å². The van der Waals surface area contributed by atoms with Crippen molar-refractivity contribution in [3.05, 3.63) is 36.0 Å². The molecule has 0 fully saturated rings. The molecule has 1 aromatic carbocycles. The number of carboxylic acid groups (broad SMARTS) is 1. The van der Waals surface area contributed by atoms with E-state index >= 15 is 0 Å².